The molecule has 38 heavy (non-hydrogen) atoms. The van der Waals surface area contributed by atoms with Crippen LogP contribution in [-0.2, 0) is 25.7 Å². The zero-order valence-corrected chi connectivity index (χ0v) is 24.7. The van der Waals surface area contributed by atoms with Crippen molar-refractivity contribution >= 4 is 0 Å². The van der Waals surface area contributed by atoms with Gasteiger partial charge in [-0.05, 0) is 71.9 Å². The lowest BCUT2D eigenvalue weighted by molar-refractivity contribution is 0.588. The third-order valence-electron chi connectivity index (χ3n) is 8.22. The van der Waals surface area contributed by atoms with Gasteiger partial charge in [-0.2, -0.15) is 0 Å². The first-order valence-corrected chi connectivity index (χ1v) is 16.0. The van der Waals surface area contributed by atoms with Gasteiger partial charge in [-0.25, -0.2) is 0 Å². The Kier molecular flexibility index (Phi) is 15.0. The first kappa shape index (κ1) is 30.2. The Morgan fingerprint density at radius 2 is 0.579 bits per heavy atom. The Bertz CT molecular complexity index is 931. The molecule has 0 saturated carbocycles. The van der Waals surface area contributed by atoms with Gasteiger partial charge < -0.3 is 0 Å². The topological polar surface area (TPSA) is 0 Å². The first-order valence-electron chi connectivity index (χ1n) is 16.0. The van der Waals surface area contributed by atoms with Crippen molar-refractivity contribution in [3.05, 3.63) is 106 Å². The summed E-state index contributed by atoms with van der Waals surface area (Å²) in [5, 5.41) is 0. The van der Waals surface area contributed by atoms with Crippen LogP contribution in [0.15, 0.2) is 72.8 Å². The predicted molar refractivity (Wildman–Crippen MR) is 168 cm³/mol. The van der Waals surface area contributed by atoms with Crippen LogP contribution in [0.25, 0.3) is 0 Å². The molecule has 0 heteroatoms. The van der Waals surface area contributed by atoms with E-state index in [1.54, 1.807) is 11.1 Å². The fraction of sp³-hybridized carbons (Fsp3) is 0.526. The van der Waals surface area contributed by atoms with E-state index in [-0.39, 0.29) is 0 Å². The highest BCUT2D eigenvalue weighted by Gasteiger charge is 2.10. The number of hydrogen-bond donors (Lipinski definition) is 0. The molecule has 0 unspecified atom stereocenters. The number of aryl methyl sites for hydroxylation is 2. The molecule has 0 fully saturated rings. The molecule has 0 radical (unpaired) electrons. The van der Waals surface area contributed by atoms with Crippen LogP contribution in [0.2, 0.25) is 0 Å². The van der Waals surface area contributed by atoms with Crippen molar-refractivity contribution in [2.75, 3.05) is 0 Å². The molecular formula is C38H54. The van der Waals surface area contributed by atoms with Crippen LogP contribution in [0.3, 0.4) is 0 Å². The molecule has 3 aromatic rings. The van der Waals surface area contributed by atoms with Crippen LogP contribution in [0, 0.1) is 0 Å². The number of rotatable bonds is 20. The van der Waals surface area contributed by atoms with E-state index in [0.29, 0.717) is 0 Å². The molecule has 0 bridgehead atoms. The monoisotopic (exact) mass is 510 g/mol. The smallest absolute Gasteiger partial charge is 0.00202 e. The fourth-order valence-electron chi connectivity index (χ4n) is 5.81. The summed E-state index contributed by atoms with van der Waals surface area (Å²) in [6.07, 6.45) is 23.8. The Hall–Kier alpha value is -2.34. The molecule has 3 aromatic carbocycles. The molecule has 0 amide bonds. The Morgan fingerprint density at radius 1 is 0.316 bits per heavy atom. The molecular weight excluding hydrogens is 456 g/mol. The summed E-state index contributed by atoms with van der Waals surface area (Å²) in [4.78, 5) is 0. The minimum Gasteiger partial charge on any atom is -0.0654 e. The summed E-state index contributed by atoms with van der Waals surface area (Å²) in [6, 6.07) is 27.5. The lowest BCUT2D eigenvalue weighted by atomic mass is 9.90. The van der Waals surface area contributed by atoms with Gasteiger partial charge in [0.1, 0.15) is 0 Å². The standard InChI is InChI=1S/C38H54/c1-3-5-7-9-11-13-15-23-33-25-17-19-27-35(33)31-37-29-21-22-30-38(37)32-36-28-20-18-26-34(36)24-16-14-12-10-8-6-4-2/h17-22,25-30H,3-16,23-24,31-32H2,1-2H3. The van der Waals surface area contributed by atoms with Gasteiger partial charge in [0.05, 0.1) is 0 Å². The summed E-state index contributed by atoms with van der Waals surface area (Å²) in [5.41, 5.74) is 9.12. The van der Waals surface area contributed by atoms with E-state index in [2.05, 4.69) is 86.6 Å². The van der Waals surface area contributed by atoms with Gasteiger partial charge in [-0.1, -0.05) is 164 Å². The number of benzene rings is 3. The molecule has 0 aliphatic carbocycles. The van der Waals surface area contributed by atoms with Crippen molar-refractivity contribution < 1.29 is 0 Å². The molecule has 206 valence electrons. The third kappa shape index (κ3) is 11.2. The molecule has 0 N–H and O–H groups in total. The molecule has 0 heterocycles. The largest absolute Gasteiger partial charge is 0.0654 e. The van der Waals surface area contributed by atoms with Crippen molar-refractivity contribution in [2.45, 2.75) is 129 Å². The second-order valence-corrected chi connectivity index (χ2v) is 11.4. The average Bonchev–Trinajstić information content (AvgIpc) is 2.95. The maximum atomic E-state index is 2.37. The molecule has 0 spiro atoms. The predicted octanol–water partition coefficient (Wildman–Crippen LogP) is 11.5. The molecule has 0 nitrogen and oxygen atoms in total. The summed E-state index contributed by atoms with van der Waals surface area (Å²) >= 11 is 0. The van der Waals surface area contributed by atoms with Gasteiger partial charge in [0, 0.05) is 0 Å². The normalized spacial score (nSPS) is 11.2. The molecule has 0 aliphatic heterocycles. The van der Waals surface area contributed by atoms with Crippen molar-refractivity contribution in [3.63, 3.8) is 0 Å². The third-order valence-corrected chi connectivity index (χ3v) is 8.22. The van der Waals surface area contributed by atoms with E-state index < -0.39 is 0 Å². The summed E-state index contributed by atoms with van der Waals surface area (Å²) in [5.74, 6) is 0. The van der Waals surface area contributed by atoms with Gasteiger partial charge in [-0.3, -0.25) is 0 Å². The second kappa shape index (κ2) is 18.8. The summed E-state index contributed by atoms with van der Waals surface area (Å²) < 4.78 is 0. The molecule has 0 atom stereocenters. The van der Waals surface area contributed by atoms with E-state index in [0.717, 1.165) is 12.8 Å². The van der Waals surface area contributed by atoms with Gasteiger partial charge in [0.2, 0.25) is 0 Å². The Balaban J connectivity index is 1.58. The maximum Gasteiger partial charge on any atom is -0.00202 e. The highest BCUT2D eigenvalue weighted by Crippen LogP contribution is 2.24. The van der Waals surface area contributed by atoms with Crippen molar-refractivity contribution in [2.24, 2.45) is 0 Å². The van der Waals surface area contributed by atoms with Crippen LogP contribution in [0.4, 0.5) is 0 Å². The Labute approximate surface area is 235 Å². The van der Waals surface area contributed by atoms with Gasteiger partial charge in [0.25, 0.3) is 0 Å². The minimum absolute atomic E-state index is 1.04. The van der Waals surface area contributed by atoms with Crippen molar-refractivity contribution in [1.29, 1.82) is 0 Å². The van der Waals surface area contributed by atoms with E-state index in [1.165, 1.54) is 125 Å². The average molecular weight is 511 g/mol. The minimum atomic E-state index is 1.04. The molecule has 3 rings (SSSR count). The first-order chi connectivity index (χ1) is 18.8. The molecule has 0 aliphatic rings. The van der Waals surface area contributed by atoms with Gasteiger partial charge >= 0.3 is 0 Å². The quantitative estimate of drug-likeness (QED) is 0.133. The van der Waals surface area contributed by atoms with Crippen LogP contribution in [0.5, 0.6) is 0 Å². The van der Waals surface area contributed by atoms with Crippen molar-refractivity contribution in [3.8, 4) is 0 Å². The Morgan fingerprint density at radius 3 is 0.921 bits per heavy atom. The second-order valence-electron chi connectivity index (χ2n) is 11.4. The highest BCUT2D eigenvalue weighted by molar-refractivity contribution is 5.40. The van der Waals surface area contributed by atoms with Crippen LogP contribution in [-0.4, -0.2) is 0 Å². The van der Waals surface area contributed by atoms with E-state index >= 15 is 0 Å². The van der Waals surface area contributed by atoms with E-state index in [9.17, 15) is 0 Å². The van der Waals surface area contributed by atoms with Crippen LogP contribution in [0.1, 0.15) is 137 Å². The fourth-order valence-corrected chi connectivity index (χ4v) is 5.81. The van der Waals surface area contributed by atoms with Crippen molar-refractivity contribution in [1.82, 2.24) is 0 Å². The number of unbranched alkanes of at least 4 members (excludes halogenated alkanes) is 12. The summed E-state index contributed by atoms with van der Waals surface area (Å²) in [6.45, 7) is 4.59. The SMILES string of the molecule is CCCCCCCCCc1ccccc1Cc1ccccc1Cc1ccccc1CCCCCCCCC. The van der Waals surface area contributed by atoms with Crippen LogP contribution < -0.4 is 0 Å². The highest BCUT2D eigenvalue weighted by atomic mass is 14.1. The zero-order valence-electron chi connectivity index (χ0n) is 24.7. The van der Waals surface area contributed by atoms with Gasteiger partial charge in [0.15, 0.2) is 0 Å². The zero-order chi connectivity index (χ0) is 26.7. The molecule has 0 aromatic heterocycles. The van der Waals surface area contributed by atoms with E-state index in [4.69, 9.17) is 0 Å². The molecule has 0 saturated heterocycles. The maximum absolute atomic E-state index is 2.37. The lowest BCUT2D eigenvalue weighted by Gasteiger charge is -2.15. The number of hydrogen-bond acceptors (Lipinski definition) is 0. The van der Waals surface area contributed by atoms with E-state index in [1.807, 2.05) is 0 Å². The van der Waals surface area contributed by atoms with Crippen LogP contribution >= 0.6 is 0 Å². The van der Waals surface area contributed by atoms with Gasteiger partial charge in [-0.15, -0.1) is 0 Å². The summed E-state index contributed by atoms with van der Waals surface area (Å²) in [7, 11) is 0. The lowest BCUT2D eigenvalue weighted by Crippen LogP contribution is -2.02.